The minimum atomic E-state index is -0.386. The molecule has 4 nitrogen and oxygen atoms in total. The molecule has 4 aliphatic rings. The fourth-order valence-electron chi connectivity index (χ4n) is 7.23. The van der Waals surface area contributed by atoms with Crippen LogP contribution in [0.25, 0.3) is 22.1 Å². The summed E-state index contributed by atoms with van der Waals surface area (Å²) < 4.78 is 5.49. The van der Waals surface area contributed by atoms with Gasteiger partial charge in [0.05, 0.1) is 5.56 Å². The van der Waals surface area contributed by atoms with E-state index in [1.54, 1.807) is 6.07 Å². The van der Waals surface area contributed by atoms with Crippen molar-refractivity contribution in [2.75, 3.05) is 0 Å². The van der Waals surface area contributed by atoms with Crippen LogP contribution in [0.2, 0.25) is 0 Å². The van der Waals surface area contributed by atoms with Gasteiger partial charge < -0.3 is 9.73 Å². The number of hydrogen-bond donors (Lipinski definition) is 1. The summed E-state index contributed by atoms with van der Waals surface area (Å²) in [4.78, 5) is 25.8. The maximum atomic E-state index is 13.2. The van der Waals surface area contributed by atoms with Crippen molar-refractivity contribution < 1.29 is 9.21 Å². The summed E-state index contributed by atoms with van der Waals surface area (Å²) in [6, 6.07) is 16.8. The van der Waals surface area contributed by atoms with Crippen molar-refractivity contribution in [3.8, 4) is 11.1 Å². The molecule has 4 aliphatic carbocycles. The summed E-state index contributed by atoms with van der Waals surface area (Å²) in [6.45, 7) is 2.20. The first-order chi connectivity index (χ1) is 15.5. The summed E-state index contributed by atoms with van der Waals surface area (Å²) in [6.07, 6.45) is 7.98. The Morgan fingerprint density at radius 1 is 0.969 bits per heavy atom. The lowest BCUT2D eigenvalue weighted by Gasteiger charge is -2.59. The molecule has 4 saturated carbocycles. The quantitative estimate of drug-likeness (QED) is 0.536. The van der Waals surface area contributed by atoms with Crippen LogP contribution >= 0.6 is 0 Å². The average molecular weight is 428 g/mol. The van der Waals surface area contributed by atoms with Gasteiger partial charge in [0.2, 0.25) is 0 Å². The molecule has 0 spiro atoms. The van der Waals surface area contributed by atoms with Crippen molar-refractivity contribution in [1.29, 1.82) is 0 Å². The normalized spacial score (nSPS) is 29.2. The Morgan fingerprint density at radius 2 is 1.66 bits per heavy atom. The third-order valence-electron chi connectivity index (χ3n) is 8.43. The predicted molar refractivity (Wildman–Crippen MR) is 125 cm³/mol. The maximum absolute atomic E-state index is 13.2. The molecule has 7 rings (SSSR count). The zero-order valence-electron chi connectivity index (χ0n) is 18.5. The number of carbonyl (C=O) groups is 1. The summed E-state index contributed by atoms with van der Waals surface area (Å²) >= 11 is 0. The van der Waals surface area contributed by atoms with E-state index in [9.17, 15) is 9.59 Å². The Hall–Kier alpha value is -2.88. The molecule has 1 aromatic heterocycles. The number of carbonyl (C=O) groups excluding carboxylic acids is 1. The van der Waals surface area contributed by atoms with Crippen LogP contribution in [-0.2, 0) is 0 Å². The number of nitrogens with one attached hydrogen (secondary N) is 1. The van der Waals surface area contributed by atoms with Crippen LogP contribution in [0.15, 0.2) is 63.8 Å². The molecule has 32 heavy (non-hydrogen) atoms. The molecule has 1 amide bonds. The number of benzene rings is 2. The van der Waals surface area contributed by atoms with Gasteiger partial charge in [-0.05, 0) is 98.4 Å². The second-order valence-electron chi connectivity index (χ2n) is 10.5. The van der Waals surface area contributed by atoms with Crippen molar-refractivity contribution >= 4 is 16.9 Å². The van der Waals surface area contributed by atoms with E-state index in [1.165, 1.54) is 38.5 Å². The van der Waals surface area contributed by atoms with Gasteiger partial charge in [0.15, 0.2) is 0 Å². The van der Waals surface area contributed by atoms with Crippen LogP contribution in [0.3, 0.4) is 0 Å². The maximum Gasteiger partial charge on any atom is 0.344 e. The number of hydrogen-bond acceptors (Lipinski definition) is 3. The van der Waals surface area contributed by atoms with Crippen LogP contribution < -0.4 is 10.9 Å². The fourth-order valence-corrected chi connectivity index (χ4v) is 7.23. The number of amides is 1. The number of para-hydroxylation sites is 1. The van der Waals surface area contributed by atoms with Gasteiger partial charge in [-0.3, -0.25) is 4.79 Å². The van der Waals surface area contributed by atoms with E-state index in [0.717, 1.165) is 23.1 Å². The lowest BCUT2D eigenvalue weighted by atomic mass is 9.48. The molecule has 1 atom stereocenters. The van der Waals surface area contributed by atoms with E-state index in [-0.39, 0.29) is 23.0 Å². The summed E-state index contributed by atoms with van der Waals surface area (Å²) in [5.41, 5.74) is 2.23. The van der Waals surface area contributed by atoms with Crippen LogP contribution in [-0.4, -0.2) is 11.9 Å². The third kappa shape index (κ3) is 3.28. The lowest BCUT2D eigenvalue weighted by molar-refractivity contribution is -0.0688. The molecule has 0 aliphatic heterocycles. The molecule has 0 unspecified atom stereocenters. The second kappa shape index (κ2) is 7.33. The van der Waals surface area contributed by atoms with Crippen molar-refractivity contribution in [2.45, 2.75) is 51.5 Å². The van der Waals surface area contributed by atoms with Crippen molar-refractivity contribution in [2.24, 2.45) is 23.2 Å². The molecule has 0 saturated heterocycles. The first-order valence-corrected chi connectivity index (χ1v) is 11.9. The predicted octanol–water partition coefficient (Wildman–Crippen LogP) is 5.79. The highest BCUT2D eigenvalue weighted by Gasteiger charge is 2.53. The molecule has 164 valence electrons. The van der Waals surface area contributed by atoms with Gasteiger partial charge in [0, 0.05) is 17.0 Å². The molecule has 1 heterocycles. The average Bonchev–Trinajstić information content (AvgIpc) is 2.78. The Labute approximate surface area is 188 Å². The summed E-state index contributed by atoms with van der Waals surface area (Å²) in [7, 11) is 0. The van der Waals surface area contributed by atoms with Gasteiger partial charge in [-0.2, -0.15) is 0 Å². The summed E-state index contributed by atoms with van der Waals surface area (Å²) in [5, 5.41) is 4.20. The molecule has 2 aromatic carbocycles. The Bertz CT molecular complexity index is 1220. The minimum absolute atomic E-state index is 0.0553. The number of rotatable bonds is 4. The molecule has 0 radical (unpaired) electrons. The van der Waals surface area contributed by atoms with E-state index in [1.807, 2.05) is 48.5 Å². The van der Waals surface area contributed by atoms with E-state index in [0.29, 0.717) is 22.3 Å². The SMILES string of the molecule is C[C@H](NC(=O)c1cccc(-c2cc3ccccc3oc2=O)c1)C12CC3CC(CC(C3)C1)C2. The lowest BCUT2D eigenvalue weighted by Crippen LogP contribution is -2.55. The molecular formula is C28H29NO3. The van der Waals surface area contributed by atoms with Crippen LogP contribution in [0.4, 0.5) is 0 Å². The third-order valence-corrected chi connectivity index (χ3v) is 8.43. The minimum Gasteiger partial charge on any atom is -0.422 e. The standard InChI is InChI=1S/C28H29NO3/c1-17(28-14-18-9-19(15-28)11-20(10-18)16-28)29-26(30)23-7-4-6-21(12-23)24-13-22-5-2-3-8-25(22)32-27(24)31/h2-8,12-13,17-20H,9-11,14-16H2,1H3,(H,29,30)/t17-,18?,19?,20?,28?/m0/s1. The first-order valence-electron chi connectivity index (χ1n) is 11.9. The van der Waals surface area contributed by atoms with Gasteiger partial charge in [-0.1, -0.05) is 30.3 Å². The molecule has 4 fully saturated rings. The molecule has 4 heteroatoms. The smallest absolute Gasteiger partial charge is 0.344 e. The van der Waals surface area contributed by atoms with Gasteiger partial charge in [-0.25, -0.2) is 4.79 Å². The molecule has 3 aromatic rings. The first kappa shape index (κ1) is 19.8. The van der Waals surface area contributed by atoms with Crippen molar-refractivity contribution in [1.82, 2.24) is 5.32 Å². The number of fused-ring (bicyclic) bond motifs is 1. The second-order valence-corrected chi connectivity index (χ2v) is 10.5. The highest BCUT2D eigenvalue weighted by atomic mass is 16.4. The highest BCUT2D eigenvalue weighted by molar-refractivity contribution is 5.96. The van der Waals surface area contributed by atoms with Crippen LogP contribution in [0.1, 0.15) is 55.8 Å². The van der Waals surface area contributed by atoms with Crippen molar-refractivity contribution in [3.05, 3.63) is 70.6 Å². The molecule has 4 bridgehead atoms. The Balaban J connectivity index is 1.26. The monoisotopic (exact) mass is 427 g/mol. The van der Waals surface area contributed by atoms with Gasteiger partial charge >= 0.3 is 5.63 Å². The van der Waals surface area contributed by atoms with Crippen LogP contribution in [0.5, 0.6) is 0 Å². The largest absolute Gasteiger partial charge is 0.422 e. The molecular weight excluding hydrogens is 398 g/mol. The van der Waals surface area contributed by atoms with E-state index < -0.39 is 0 Å². The Morgan fingerprint density at radius 3 is 2.38 bits per heavy atom. The van der Waals surface area contributed by atoms with Crippen LogP contribution in [0, 0.1) is 23.2 Å². The zero-order valence-corrected chi connectivity index (χ0v) is 18.5. The van der Waals surface area contributed by atoms with Gasteiger partial charge in [-0.15, -0.1) is 0 Å². The van der Waals surface area contributed by atoms with E-state index >= 15 is 0 Å². The summed E-state index contributed by atoms with van der Waals surface area (Å²) in [5.74, 6) is 2.52. The molecule has 1 N–H and O–H groups in total. The fraction of sp³-hybridized carbons (Fsp3) is 0.429. The topological polar surface area (TPSA) is 59.3 Å². The van der Waals surface area contributed by atoms with Gasteiger partial charge in [0.25, 0.3) is 5.91 Å². The van der Waals surface area contributed by atoms with E-state index in [4.69, 9.17) is 4.42 Å². The zero-order chi connectivity index (χ0) is 21.9. The van der Waals surface area contributed by atoms with Gasteiger partial charge in [0.1, 0.15) is 5.58 Å². The Kier molecular flexibility index (Phi) is 4.53. The van der Waals surface area contributed by atoms with Crippen molar-refractivity contribution in [3.63, 3.8) is 0 Å². The van der Waals surface area contributed by atoms with E-state index in [2.05, 4.69) is 12.2 Å². The highest BCUT2D eigenvalue weighted by Crippen LogP contribution is 2.61.